The molecule has 5 heteroatoms. The molecule has 1 aliphatic heterocycles. The lowest BCUT2D eigenvalue weighted by molar-refractivity contribution is -0.117. The van der Waals surface area contributed by atoms with Crippen LogP contribution in [0.5, 0.6) is 0 Å². The summed E-state index contributed by atoms with van der Waals surface area (Å²) in [6.07, 6.45) is 5.88. The van der Waals surface area contributed by atoms with Crippen molar-refractivity contribution < 1.29 is 4.79 Å². The first-order valence-electron chi connectivity index (χ1n) is 5.98. The fourth-order valence-electron chi connectivity index (χ4n) is 1.73. The zero-order chi connectivity index (χ0) is 12.5. The van der Waals surface area contributed by atoms with Crippen molar-refractivity contribution in [3.05, 3.63) is 11.8 Å². The van der Waals surface area contributed by atoms with Gasteiger partial charge in [-0.15, -0.1) is 11.6 Å². The Morgan fingerprint density at radius 3 is 2.71 bits per heavy atom. The number of alkyl halides is 1. The molecular weight excluding hydrogens is 238 g/mol. The van der Waals surface area contributed by atoms with Gasteiger partial charge >= 0.3 is 0 Å². The Bertz CT molecular complexity index is 316. The first-order chi connectivity index (χ1) is 8.27. The molecule has 0 bridgehead atoms. The van der Waals surface area contributed by atoms with Crippen molar-refractivity contribution in [3.63, 3.8) is 0 Å². The molecule has 4 nitrogen and oxygen atoms in total. The van der Waals surface area contributed by atoms with Gasteiger partial charge in [-0.1, -0.05) is 0 Å². The first kappa shape index (κ1) is 13.9. The van der Waals surface area contributed by atoms with Gasteiger partial charge in [0.25, 0.3) is 5.91 Å². The Morgan fingerprint density at radius 2 is 2.12 bits per heavy atom. The second-order valence-corrected chi connectivity index (χ2v) is 4.43. The average Bonchev–Trinajstić information content (AvgIpc) is 2.37. The summed E-state index contributed by atoms with van der Waals surface area (Å²) in [6, 6.07) is 1.95. The standard InChI is InChI=1S/C12H18ClN3O/c13-5-4-6-15-12(17)11(9-14)10-16-7-2-1-3-8-16/h10H,1-8H2,(H,15,17)/b11-10-. The quantitative estimate of drug-likeness (QED) is 0.352. The van der Waals surface area contributed by atoms with Gasteiger partial charge in [-0.25, -0.2) is 0 Å². The third-order valence-corrected chi connectivity index (χ3v) is 2.93. The van der Waals surface area contributed by atoms with Crippen LogP contribution in [0.1, 0.15) is 25.7 Å². The van der Waals surface area contributed by atoms with E-state index in [1.807, 2.05) is 11.0 Å². The molecule has 0 unspecified atom stereocenters. The Hall–Kier alpha value is -1.21. The maximum absolute atomic E-state index is 11.7. The van der Waals surface area contributed by atoms with Crippen molar-refractivity contribution in [3.8, 4) is 6.07 Å². The largest absolute Gasteiger partial charge is 0.376 e. The molecule has 1 rings (SSSR count). The number of hydrogen-bond acceptors (Lipinski definition) is 3. The first-order valence-corrected chi connectivity index (χ1v) is 6.51. The van der Waals surface area contributed by atoms with Crippen molar-refractivity contribution in [2.75, 3.05) is 25.5 Å². The molecular formula is C12H18ClN3O. The third kappa shape index (κ3) is 5.10. The zero-order valence-corrected chi connectivity index (χ0v) is 10.7. The number of amides is 1. The van der Waals surface area contributed by atoms with Crippen LogP contribution >= 0.6 is 11.6 Å². The number of carbonyl (C=O) groups excluding carboxylic acids is 1. The molecule has 0 spiro atoms. The summed E-state index contributed by atoms with van der Waals surface area (Å²) in [7, 11) is 0. The van der Waals surface area contributed by atoms with Gasteiger partial charge in [0.15, 0.2) is 0 Å². The van der Waals surface area contributed by atoms with E-state index in [1.165, 1.54) is 6.42 Å². The summed E-state index contributed by atoms with van der Waals surface area (Å²) in [5.74, 6) is 0.209. The van der Waals surface area contributed by atoms with Gasteiger partial charge in [0.2, 0.25) is 0 Å². The minimum atomic E-state index is -0.303. The van der Waals surface area contributed by atoms with Crippen LogP contribution in [0.15, 0.2) is 11.8 Å². The molecule has 94 valence electrons. The number of hydrogen-bond donors (Lipinski definition) is 1. The highest BCUT2D eigenvalue weighted by Gasteiger charge is 2.12. The lowest BCUT2D eigenvalue weighted by Gasteiger charge is -2.25. The van der Waals surface area contributed by atoms with Crippen molar-refractivity contribution in [2.24, 2.45) is 0 Å². The van der Waals surface area contributed by atoms with E-state index in [1.54, 1.807) is 6.20 Å². The second-order valence-electron chi connectivity index (χ2n) is 4.05. The number of halogens is 1. The summed E-state index contributed by atoms with van der Waals surface area (Å²) in [5.41, 5.74) is 0.182. The van der Waals surface area contributed by atoms with Crippen LogP contribution in [0.2, 0.25) is 0 Å². The molecule has 0 atom stereocenters. The number of rotatable bonds is 5. The summed E-state index contributed by atoms with van der Waals surface area (Å²) < 4.78 is 0. The van der Waals surface area contributed by atoms with Crippen LogP contribution in [0.4, 0.5) is 0 Å². The molecule has 1 N–H and O–H groups in total. The minimum absolute atomic E-state index is 0.182. The van der Waals surface area contributed by atoms with Crippen LogP contribution in [-0.4, -0.2) is 36.3 Å². The number of nitriles is 1. The van der Waals surface area contributed by atoms with E-state index >= 15 is 0 Å². The highest BCUT2D eigenvalue weighted by atomic mass is 35.5. The summed E-state index contributed by atoms with van der Waals surface area (Å²) in [6.45, 7) is 2.38. The molecule has 0 saturated carbocycles. The Balaban J connectivity index is 2.48. The average molecular weight is 256 g/mol. The number of piperidine rings is 1. The molecule has 1 fully saturated rings. The zero-order valence-electron chi connectivity index (χ0n) is 9.91. The van der Waals surface area contributed by atoms with Gasteiger partial charge < -0.3 is 10.2 Å². The molecule has 17 heavy (non-hydrogen) atoms. The lowest BCUT2D eigenvalue weighted by Crippen LogP contribution is -2.29. The van der Waals surface area contributed by atoms with Gasteiger partial charge in [0.1, 0.15) is 11.6 Å². The maximum atomic E-state index is 11.7. The molecule has 0 radical (unpaired) electrons. The molecule has 0 aliphatic carbocycles. The van der Waals surface area contributed by atoms with Crippen LogP contribution < -0.4 is 5.32 Å². The topological polar surface area (TPSA) is 56.1 Å². The normalized spacial score (nSPS) is 16.5. The highest BCUT2D eigenvalue weighted by Crippen LogP contribution is 2.10. The van der Waals surface area contributed by atoms with Gasteiger partial charge in [0, 0.05) is 31.7 Å². The fraction of sp³-hybridized carbons (Fsp3) is 0.667. The highest BCUT2D eigenvalue weighted by molar-refractivity contribution is 6.17. The van der Waals surface area contributed by atoms with Crippen molar-refractivity contribution in [1.82, 2.24) is 10.2 Å². The van der Waals surface area contributed by atoms with E-state index < -0.39 is 0 Å². The minimum Gasteiger partial charge on any atom is -0.376 e. The van der Waals surface area contributed by atoms with Gasteiger partial charge in [-0.3, -0.25) is 4.79 Å². The Labute approximate surface area is 107 Å². The third-order valence-electron chi connectivity index (χ3n) is 2.66. The molecule has 0 aromatic carbocycles. The summed E-state index contributed by atoms with van der Waals surface area (Å²) in [4.78, 5) is 13.7. The maximum Gasteiger partial charge on any atom is 0.263 e. The predicted octanol–water partition coefficient (Wildman–Crippen LogP) is 1.62. The molecule has 0 aromatic heterocycles. The van der Waals surface area contributed by atoms with E-state index in [0.717, 1.165) is 32.4 Å². The number of likely N-dealkylation sites (tertiary alicyclic amines) is 1. The molecule has 1 heterocycles. The van der Waals surface area contributed by atoms with E-state index in [4.69, 9.17) is 16.9 Å². The van der Waals surface area contributed by atoms with Crippen LogP contribution in [0.3, 0.4) is 0 Å². The number of carbonyl (C=O) groups is 1. The lowest BCUT2D eigenvalue weighted by atomic mass is 10.1. The molecule has 1 amide bonds. The van der Waals surface area contributed by atoms with Crippen molar-refractivity contribution in [1.29, 1.82) is 5.26 Å². The van der Waals surface area contributed by atoms with Gasteiger partial charge in [0.05, 0.1) is 0 Å². The van der Waals surface area contributed by atoms with Crippen LogP contribution in [-0.2, 0) is 4.79 Å². The molecule has 1 saturated heterocycles. The van der Waals surface area contributed by atoms with Crippen LogP contribution in [0.25, 0.3) is 0 Å². The Morgan fingerprint density at radius 1 is 1.41 bits per heavy atom. The van der Waals surface area contributed by atoms with E-state index in [0.29, 0.717) is 12.4 Å². The van der Waals surface area contributed by atoms with Crippen molar-refractivity contribution in [2.45, 2.75) is 25.7 Å². The second kappa shape index (κ2) is 7.97. The van der Waals surface area contributed by atoms with Crippen LogP contribution in [0, 0.1) is 11.3 Å². The monoisotopic (exact) mass is 255 g/mol. The number of nitrogens with one attached hydrogen (secondary N) is 1. The molecule has 1 aliphatic rings. The van der Waals surface area contributed by atoms with E-state index in [-0.39, 0.29) is 11.5 Å². The Kier molecular flexibility index (Phi) is 6.49. The predicted molar refractivity (Wildman–Crippen MR) is 67.5 cm³/mol. The SMILES string of the molecule is N#C/C(=C/N1CCCCC1)C(=O)NCCCCl. The summed E-state index contributed by atoms with van der Waals surface area (Å²) >= 11 is 5.51. The summed E-state index contributed by atoms with van der Waals surface area (Å²) in [5, 5.41) is 11.6. The van der Waals surface area contributed by atoms with Crippen molar-refractivity contribution >= 4 is 17.5 Å². The van der Waals surface area contributed by atoms with E-state index in [9.17, 15) is 4.79 Å². The number of nitrogens with zero attached hydrogens (tertiary/aromatic N) is 2. The molecule has 0 aromatic rings. The smallest absolute Gasteiger partial charge is 0.263 e. The van der Waals surface area contributed by atoms with E-state index in [2.05, 4.69) is 5.32 Å². The van der Waals surface area contributed by atoms with Gasteiger partial charge in [-0.05, 0) is 25.7 Å². The fourth-order valence-corrected chi connectivity index (χ4v) is 1.87. The van der Waals surface area contributed by atoms with Gasteiger partial charge in [-0.2, -0.15) is 5.26 Å².